The number of anilines is 1. The third-order valence-corrected chi connectivity index (χ3v) is 2.92. The van der Waals surface area contributed by atoms with Gasteiger partial charge in [-0.05, 0) is 55.0 Å². The topological polar surface area (TPSA) is 46.4 Å². The van der Waals surface area contributed by atoms with E-state index in [4.69, 9.17) is 21.4 Å². The fourth-order valence-electron chi connectivity index (χ4n) is 1.65. The molecule has 0 fully saturated rings. The summed E-state index contributed by atoms with van der Waals surface area (Å²) in [6, 6.07) is 9.74. The van der Waals surface area contributed by atoms with Crippen LogP contribution in [0.1, 0.15) is 12.2 Å². The van der Waals surface area contributed by atoms with E-state index in [0.717, 1.165) is 17.9 Å². The Labute approximate surface area is 128 Å². The highest BCUT2D eigenvalue weighted by molar-refractivity contribution is 7.80. The molecule has 0 amide bonds. The quantitative estimate of drug-likeness (QED) is 0.607. The van der Waals surface area contributed by atoms with Gasteiger partial charge in [0.15, 0.2) is 5.11 Å². The second-order valence-corrected chi connectivity index (χ2v) is 4.78. The number of halogens is 1. The first-order valence-corrected chi connectivity index (χ1v) is 7.05. The minimum Gasteiger partial charge on any atom is -0.467 e. The molecule has 0 unspecified atom stereocenters. The van der Waals surface area contributed by atoms with Gasteiger partial charge in [-0.15, -0.1) is 0 Å². The SMILES string of the molecule is Fc1ccc(NC(=S)NCCCOCc2ccco2)cc1. The molecule has 1 aromatic heterocycles. The molecule has 0 bridgehead atoms. The second kappa shape index (κ2) is 8.39. The van der Waals surface area contributed by atoms with Crippen LogP contribution < -0.4 is 10.6 Å². The first-order valence-electron chi connectivity index (χ1n) is 6.64. The van der Waals surface area contributed by atoms with Crippen molar-refractivity contribution in [1.82, 2.24) is 5.32 Å². The van der Waals surface area contributed by atoms with Crippen LogP contribution in [0.25, 0.3) is 0 Å². The van der Waals surface area contributed by atoms with Crippen LogP contribution in [0, 0.1) is 5.82 Å². The molecule has 0 aliphatic carbocycles. The van der Waals surface area contributed by atoms with Gasteiger partial charge < -0.3 is 19.8 Å². The Hall–Kier alpha value is -1.92. The molecule has 112 valence electrons. The summed E-state index contributed by atoms with van der Waals surface area (Å²) >= 11 is 5.14. The lowest BCUT2D eigenvalue weighted by Gasteiger charge is -2.10. The Morgan fingerprint density at radius 3 is 2.76 bits per heavy atom. The molecule has 21 heavy (non-hydrogen) atoms. The number of ether oxygens (including phenoxy) is 1. The fourth-order valence-corrected chi connectivity index (χ4v) is 1.87. The largest absolute Gasteiger partial charge is 0.467 e. The Morgan fingerprint density at radius 1 is 1.24 bits per heavy atom. The lowest BCUT2D eigenvalue weighted by atomic mass is 10.3. The van der Waals surface area contributed by atoms with E-state index in [-0.39, 0.29) is 5.82 Å². The maximum absolute atomic E-state index is 12.8. The summed E-state index contributed by atoms with van der Waals surface area (Å²) in [5, 5.41) is 6.55. The van der Waals surface area contributed by atoms with Crippen LogP contribution in [0.5, 0.6) is 0 Å². The molecular weight excluding hydrogens is 291 g/mol. The molecule has 0 atom stereocenters. The second-order valence-electron chi connectivity index (χ2n) is 4.37. The van der Waals surface area contributed by atoms with Gasteiger partial charge in [0.1, 0.15) is 18.2 Å². The predicted molar refractivity (Wildman–Crippen MR) is 83.6 cm³/mol. The molecule has 2 N–H and O–H groups in total. The van der Waals surface area contributed by atoms with Crippen molar-refractivity contribution in [3.05, 3.63) is 54.2 Å². The maximum atomic E-state index is 12.8. The molecule has 0 saturated heterocycles. The maximum Gasteiger partial charge on any atom is 0.170 e. The number of furan rings is 1. The van der Waals surface area contributed by atoms with Crippen molar-refractivity contribution in [3.8, 4) is 0 Å². The molecule has 1 aromatic carbocycles. The van der Waals surface area contributed by atoms with Gasteiger partial charge in [0.2, 0.25) is 0 Å². The lowest BCUT2D eigenvalue weighted by Crippen LogP contribution is -2.29. The normalized spacial score (nSPS) is 10.3. The zero-order chi connectivity index (χ0) is 14.9. The monoisotopic (exact) mass is 308 g/mol. The average molecular weight is 308 g/mol. The molecule has 1 heterocycles. The van der Waals surface area contributed by atoms with E-state index in [0.29, 0.717) is 24.9 Å². The van der Waals surface area contributed by atoms with Crippen LogP contribution in [0.15, 0.2) is 47.1 Å². The van der Waals surface area contributed by atoms with Crippen LogP contribution in [-0.2, 0) is 11.3 Å². The number of thiocarbonyl (C=S) groups is 1. The van der Waals surface area contributed by atoms with Crippen LogP contribution in [-0.4, -0.2) is 18.3 Å². The number of hydrogen-bond donors (Lipinski definition) is 2. The van der Waals surface area contributed by atoms with Gasteiger partial charge in [-0.25, -0.2) is 4.39 Å². The highest BCUT2D eigenvalue weighted by Crippen LogP contribution is 2.07. The molecule has 2 aromatic rings. The molecule has 0 saturated carbocycles. The Balaban J connectivity index is 1.54. The van der Waals surface area contributed by atoms with Crippen LogP contribution in [0.3, 0.4) is 0 Å². The number of benzene rings is 1. The minimum atomic E-state index is -0.270. The summed E-state index contributed by atoms with van der Waals surface area (Å²) in [5.41, 5.74) is 0.753. The van der Waals surface area contributed by atoms with Gasteiger partial charge >= 0.3 is 0 Å². The van der Waals surface area contributed by atoms with Gasteiger partial charge in [-0.1, -0.05) is 0 Å². The summed E-state index contributed by atoms with van der Waals surface area (Å²) in [6.07, 6.45) is 2.45. The molecule has 2 rings (SSSR count). The van der Waals surface area contributed by atoms with E-state index in [1.807, 2.05) is 12.1 Å². The summed E-state index contributed by atoms with van der Waals surface area (Å²) in [7, 11) is 0. The van der Waals surface area contributed by atoms with Crippen molar-refractivity contribution < 1.29 is 13.5 Å². The van der Waals surface area contributed by atoms with E-state index in [1.165, 1.54) is 12.1 Å². The van der Waals surface area contributed by atoms with Gasteiger partial charge in [-0.2, -0.15) is 0 Å². The number of rotatable bonds is 7. The molecule has 0 radical (unpaired) electrons. The van der Waals surface area contributed by atoms with Crippen molar-refractivity contribution in [2.24, 2.45) is 0 Å². The number of hydrogen-bond acceptors (Lipinski definition) is 3. The zero-order valence-corrected chi connectivity index (χ0v) is 12.3. The molecule has 4 nitrogen and oxygen atoms in total. The van der Waals surface area contributed by atoms with Crippen molar-refractivity contribution in [2.75, 3.05) is 18.5 Å². The summed E-state index contributed by atoms with van der Waals surface area (Å²) in [4.78, 5) is 0. The highest BCUT2D eigenvalue weighted by Gasteiger charge is 1.98. The van der Waals surface area contributed by atoms with E-state index in [2.05, 4.69) is 10.6 Å². The Morgan fingerprint density at radius 2 is 2.05 bits per heavy atom. The summed E-state index contributed by atoms with van der Waals surface area (Å²) in [5.74, 6) is 0.546. The average Bonchev–Trinajstić information content (AvgIpc) is 2.98. The molecular formula is C15H17FN2O2S. The van der Waals surface area contributed by atoms with Gasteiger partial charge in [-0.3, -0.25) is 0 Å². The van der Waals surface area contributed by atoms with Crippen molar-refractivity contribution in [2.45, 2.75) is 13.0 Å². The van der Waals surface area contributed by atoms with Crippen molar-refractivity contribution in [3.63, 3.8) is 0 Å². The molecule has 0 aliphatic heterocycles. The Kier molecular flexibility index (Phi) is 6.18. The van der Waals surface area contributed by atoms with E-state index in [9.17, 15) is 4.39 Å². The highest BCUT2D eigenvalue weighted by atomic mass is 32.1. The zero-order valence-electron chi connectivity index (χ0n) is 11.5. The smallest absolute Gasteiger partial charge is 0.170 e. The summed E-state index contributed by atoms with van der Waals surface area (Å²) in [6.45, 7) is 1.79. The minimum absolute atomic E-state index is 0.270. The van der Waals surface area contributed by atoms with E-state index >= 15 is 0 Å². The van der Waals surface area contributed by atoms with E-state index in [1.54, 1.807) is 18.4 Å². The van der Waals surface area contributed by atoms with Crippen LogP contribution in [0.4, 0.5) is 10.1 Å². The standard InChI is InChI=1S/C15H17FN2O2S/c16-12-4-6-13(7-5-12)18-15(21)17-8-2-9-19-11-14-3-1-10-20-14/h1,3-7,10H,2,8-9,11H2,(H2,17,18,21). The Bertz CT molecular complexity index is 543. The fraction of sp³-hybridized carbons (Fsp3) is 0.267. The molecule has 0 aliphatic rings. The van der Waals surface area contributed by atoms with Crippen LogP contribution >= 0.6 is 12.2 Å². The summed E-state index contributed by atoms with van der Waals surface area (Å²) < 4.78 is 23.4. The van der Waals surface area contributed by atoms with Gasteiger partial charge in [0.25, 0.3) is 0 Å². The first-order chi connectivity index (χ1) is 10.2. The van der Waals surface area contributed by atoms with Crippen molar-refractivity contribution in [1.29, 1.82) is 0 Å². The van der Waals surface area contributed by atoms with Crippen molar-refractivity contribution >= 4 is 23.0 Å². The van der Waals surface area contributed by atoms with Gasteiger partial charge in [0.05, 0.1) is 6.26 Å². The third-order valence-electron chi connectivity index (χ3n) is 2.68. The van der Waals surface area contributed by atoms with E-state index < -0.39 is 0 Å². The molecule has 0 spiro atoms. The first kappa shape index (κ1) is 15.5. The molecule has 6 heteroatoms. The van der Waals surface area contributed by atoms with Crippen LogP contribution in [0.2, 0.25) is 0 Å². The van der Waals surface area contributed by atoms with Gasteiger partial charge in [0, 0.05) is 18.8 Å². The predicted octanol–water partition coefficient (Wildman–Crippen LogP) is 3.31. The number of nitrogens with one attached hydrogen (secondary N) is 2. The lowest BCUT2D eigenvalue weighted by molar-refractivity contribution is 0.105. The third kappa shape index (κ3) is 5.93.